The lowest BCUT2D eigenvalue weighted by atomic mass is 10.1. The highest BCUT2D eigenvalue weighted by atomic mass is 32.2. The number of carbonyl (C=O) groups is 1. The molecule has 0 atom stereocenters. The quantitative estimate of drug-likeness (QED) is 0.768. The number of rotatable bonds is 4. The largest absolute Gasteiger partial charge is 0.573 e. The number of hydrogen-bond acceptors (Lipinski definition) is 3. The van der Waals surface area contributed by atoms with Crippen LogP contribution in [0.4, 0.5) is 13.2 Å². The number of ether oxygens (including phenoxy) is 1. The minimum atomic E-state index is -4.70. The molecule has 0 aliphatic carbocycles. The van der Waals surface area contributed by atoms with Crippen LogP contribution < -0.4 is 4.74 Å². The topological polar surface area (TPSA) is 26.3 Å². The summed E-state index contributed by atoms with van der Waals surface area (Å²) in [5, 5.41) is 0. The highest BCUT2D eigenvalue weighted by Crippen LogP contribution is 2.22. The molecule has 0 aliphatic heterocycles. The van der Waals surface area contributed by atoms with Crippen molar-refractivity contribution in [3.8, 4) is 5.75 Å². The summed E-state index contributed by atoms with van der Waals surface area (Å²) < 4.78 is 39.2. The molecule has 0 aromatic heterocycles. The molecule has 0 saturated carbocycles. The van der Waals surface area contributed by atoms with Gasteiger partial charge in [0, 0.05) is 5.56 Å². The van der Waals surface area contributed by atoms with Gasteiger partial charge in [-0.15, -0.1) is 13.2 Å². The summed E-state index contributed by atoms with van der Waals surface area (Å²) in [4.78, 5) is 11.4. The molecule has 16 heavy (non-hydrogen) atoms. The van der Waals surface area contributed by atoms with E-state index in [0.717, 1.165) is 12.1 Å². The molecule has 6 heteroatoms. The molecule has 0 bridgehead atoms. The molecule has 0 saturated heterocycles. The van der Waals surface area contributed by atoms with Crippen LogP contribution in [0.1, 0.15) is 10.4 Å². The summed E-state index contributed by atoms with van der Waals surface area (Å²) in [6.45, 7) is 0. The molecule has 0 aliphatic rings. The summed E-state index contributed by atoms with van der Waals surface area (Å²) in [6.07, 6.45) is -2.93. The Balaban J connectivity index is 2.72. The van der Waals surface area contributed by atoms with Gasteiger partial charge in [0.1, 0.15) is 5.75 Å². The second-order valence-electron chi connectivity index (χ2n) is 2.93. The Morgan fingerprint density at radius 1 is 1.31 bits per heavy atom. The maximum atomic E-state index is 11.8. The van der Waals surface area contributed by atoms with Gasteiger partial charge in [-0.25, -0.2) is 0 Å². The monoisotopic (exact) mass is 250 g/mol. The molecular formula is C10H9F3O2S. The first-order chi connectivity index (χ1) is 7.42. The minimum Gasteiger partial charge on any atom is -0.406 e. The van der Waals surface area contributed by atoms with Gasteiger partial charge >= 0.3 is 6.36 Å². The van der Waals surface area contributed by atoms with Gasteiger partial charge in [0.05, 0.1) is 5.75 Å². The Bertz CT molecular complexity index is 359. The van der Waals surface area contributed by atoms with Crippen molar-refractivity contribution in [1.29, 1.82) is 0 Å². The van der Waals surface area contributed by atoms with E-state index in [4.69, 9.17) is 0 Å². The first-order valence-electron chi connectivity index (χ1n) is 4.30. The van der Waals surface area contributed by atoms with E-state index < -0.39 is 6.36 Å². The summed E-state index contributed by atoms with van der Waals surface area (Å²) in [6, 6.07) is 4.89. The van der Waals surface area contributed by atoms with Gasteiger partial charge in [-0.05, 0) is 30.5 Å². The van der Waals surface area contributed by atoms with Crippen molar-refractivity contribution in [2.24, 2.45) is 0 Å². The molecule has 1 rings (SSSR count). The fourth-order valence-corrected chi connectivity index (χ4v) is 1.49. The van der Waals surface area contributed by atoms with Crippen LogP contribution in [0.25, 0.3) is 0 Å². The number of ketones is 1. The molecule has 0 spiro atoms. The lowest BCUT2D eigenvalue weighted by Crippen LogP contribution is -2.17. The SMILES string of the molecule is CSCC(=O)c1ccc(OC(F)(F)F)cc1. The third-order valence-corrected chi connectivity index (χ3v) is 2.24. The molecule has 0 amide bonds. The van der Waals surface area contributed by atoms with E-state index in [0.29, 0.717) is 11.3 Å². The van der Waals surface area contributed by atoms with Crippen molar-refractivity contribution >= 4 is 17.5 Å². The molecule has 0 radical (unpaired) electrons. The second-order valence-corrected chi connectivity index (χ2v) is 3.79. The number of hydrogen-bond donors (Lipinski definition) is 0. The van der Waals surface area contributed by atoms with Gasteiger partial charge in [-0.3, -0.25) is 4.79 Å². The Kier molecular flexibility index (Phi) is 4.23. The number of Topliss-reactive ketones (excluding diaryl/α,β-unsaturated/α-hetero) is 1. The number of carbonyl (C=O) groups excluding carboxylic acids is 1. The van der Waals surface area contributed by atoms with Crippen molar-refractivity contribution in [2.75, 3.05) is 12.0 Å². The van der Waals surface area contributed by atoms with Crippen molar-refractivity contribution < 1.29 is 22.7 Å². The zero-order valence-corrected chi connectivity index (χ0v) is 9.19. The molecular weight excluding hydrogens is 241 g/mol. The van der Waals surface area contributed by atoms with Crippen LogP contribution in [0, 0.1) is 0 Å². The Morgan fingerprint density at radius 3 is 2.31 bits per heavy atom. The van der Waals surface area contributed by atoms with Crippen LogP contribution >= 0.6 is 11.8 Å². The van der Waals surface area contributed by atoms with Gasteiger partial charge < -0.3 is 4.74 Å². The molecule has 88 valence electrons. The Morgan fingerprint density at radius 2 is 1.88 bits per heavy atom. The molecule has 0 heterocycles. The second kappa shape index (κ2) is 5.25. The Labute approximate surface area is 94.8 Å². The van der Waals surface area contributed by atoms with Crippen molar-refractivity contribution in [3.63, 3.8) is 0 Å². The third kappa shape index (κ3) is 4.14. The summed E-state index contributed by atoms with van der Waals surface area (Å²) >= 11 is 1.36. The Hall–Kier alpha value is -1.17. The van der Waals surface area contributed by atoms with Crippen LogP contribution in [0.15, 0.2) is 24.3 Å². The van der Waals surface area contributed by atoms with E-state index in [2.05, 4.69) is 4.74 Å². The zero-order valence-electron chi connectivity index (χ0n) is 8.38. The average Bonchev–Trinajstić information content (AvgIpc) is 2.16. The van der Waals surface area contributed by atoms with Gasteiger partial charge in [-0.1, -0.05) is 0 Å². The van der Waals surface area contributed by atoms with Crippen LogP contribution in [0.2, 0.25) is 0 Å². The van der Waals surface area contributed by atoms with E-state index in [1.165, 1.54) is 23.9 Å². The maximum absolute atomic E-state index is 11.8. The first kappa shape index (κ1) is 12.9. The van der Waals surface area contributed by atoms with E-state index in [1.54, 1.807) is 6.26 Å². The van der Waals surface area contributed by atoms with Gasteiger partial charge in [0.15, 0.2) is 5.78 Å². The number of alkyl halides is 3. The lowest BCUT2D eigenvalue weighted by molar-refractivity contribution is -0.274. The minimum absolute atomic E-state index is 0.119. The molecule has 0 N–H and O–H groups in total. The maximum Gasteiger partial charge on any atom is 0.573 e. The van der Waals surface area contributed by atoms with Crippen LogP contribution in [0.5, 0.6) is 5.75 Å². The van der Waals surface area contributed by atoms with Gasteiger partial charge in [0.25, 0.3) is 0 Å². The predicted octanol–water partition coefficient (Wildman–Crippen LogP) is 3.13. The molecule has 0 unspecified atom stereocenters. The van der Waals surface area contributed by atoms with Crippen LogP contribution in [-0.4, -0.2) is 24.2 Å². The van der Waals surface area contributed by atoms with Crippen molar-refractivity contribution in [3.05, 3.63) is 29.8 Å². The van der Waals surface area contributed by atoms with E-state index in [-0.39, 0.29) is 11.5 Å². The van der Waals surface area contributed by atoms with E-state index in [1.807, 2.05) is 0 Å². The summed E-state index contributed by atoms with van der Waals surface area (Å²) in [5.74, 6) is -0.140. The number of thioether (sulfide) groups is 1. The smallest absolute Gasteiger partial charge is 0.406 e. The molecule has 2 nitrogen and oxygen atoms in total. The van der Waals surface area contributed by atoms with Crippen LogP contribution in [0.3, 0.4) is 0 Å². The highest BCUT2D eigenvalue weighted by molar-refractivity contribution is 7.99. The molecule has 1 aromatic carbocycles. The fourth-order valence-electron chi connectivity index (χ4n) is 1.06. The predicted molar refractivity (Wildman–Crippen MR) is 55.8 cm³/mol. The average molecular weight is 250 g/mol. The van der Waals surface area contributed by atoms with Gasteiger partial charge in [0.2, 0.25) is 0 Å². The molecule has 1 aromatic rings. The van der Waals surface area contributed by atoms with Crippen molar-refractivity contribution in [1.82, 2.24) is 0 Å². The molecule has 0 fully saturated rings. The number of benzene rings is 1. The number of halogens is 3. The normalized spacial score (nSPS) is 11.2. The van der Waals surface area contributed by atoms with E-state index >= 15 is 0 Å². The first-order valence-corrected chi connectivity index (χ1v) is 5.70. The van der Waals surface area contributed by atoms with Crippen LogP contribution in [-0.2, 0) is 0 Å². The third-order valence-electron chi connectivity index (χ3n) is 1.69. The van der Waals surface area contributed by atoms with Crippen molar-refractivity contribution in [2.45, 2.75) is 6.36 Å². The fraction of sp³-hybridized carbons (Fsp3) is 0.300. The summed E-state index contributed by atoms with van der Waals surface area (Å²) in [7, 11) is 0. The lowest BCUT2D eigenvalue weighted by Gasteiger charge is -2.08. The highest BCUT2D eigenvalue weighted by Gasteiger charge is 2.30. The van der Waals surface area contributed by atoms with E-state index in [9.17, 15) is 18.0 Å². The summed E-state index contributed by atoms with van der Waals surface area (Å²) in [5.41, 5.74) is 0.379. The standard InChI is InChI=1S/C10H9F3O2S/c1-16-6-9(14)7-2-4-8(5-3-7)15-10(11,12)13/h2-5H,6H2,1H3. The zero-order chi connectivity index (χ0) is 12.2. The van der Waals surface area contributed by atoms with Gasteiger partial charge in [-0.2, -0.15) is 11.8 Å².